The Kier molecular flexibility index (Phi) is 5.36. The number of aryl methyl sites for hydroxylation is 1. The smallest absolute Gasteiger partial charge is 0.0627 e. The van der Waals surface area contributed by atoms with Crippen LogP contribution >= 0.6 is 0 Å². The monoisotopic (exact) mass is 211 g/mol. The molecule has 0 fully saturated rings. The Hall–Kier alpha value is -0.870. The highest BCUT2D eigenvalue weighted by Gasteiger charge is 2.05. The Morgan fingerprint density at radius 3 is 3.00 bits per heavy atom. The van der Waals surface area contributed by atoms with Crippen LogP contribution in [-0.2, 0) is 18.2 Å². The van der Waals surface area contributed by atoms with Crippen LogP contribution in [0.3, 0.4) is 0 Å². The molecule has 0 aliphatic heterocycles. The summed E-state index contributed by atoms with van der Waals surface area (Å²) in [4.78, 5) is 0. The van der Waals surface area contributed by atoms with E-state index < -0.39 is 0 Å². The van der Waals surface area contributed by atoms with Crippen LogP contribution in [-0.4, -0.2) is 36.6 Å². The third-order valence-corrected chi connectivity index (χ3v) is 2.30. The number of nitrogens with zero attached hydrogens (tertiary/aromatic N) is 2. The van der Waals surface area contributed by atoms with Crippen LogP contribution in [0, 0.1) is 5.92 Å². The van der Waals surface area contributed by atoms with Crippen molar-refractivity contribution in [2.75, 3.05) is 26.8 Å². The van der Waals surface area contributed by atoms with Crippen molar-refractivity contribution in [3.05, 3.63) is 18.0 Å². The van der Waals surface area contributed by atoms with Gasteiger partial charge in [0.05, 0.1) is 12.3 Å². The highest BCUT2D eigenvalue weighted by atomic mass is 16.5. The van der Waals surface area contributed by atoms with E-state index in [1.165, 1.54) is 5.69 Å². The summed E-state index contributed by atoms with van der Waals surface area (Å²) in [6.45, 7) is 4.94. The number of rotatable bonds is 7. The number of aromatic nitrogens is 2. The molecular weight excluding hydrogens is 190 g/mol. The maximum Gasteiger partial charge on any atom is 0.0627 e. The second-order valence-corrected chi connectivity index (χ2v) is 3.99. The fourth-order valence-electron chi connectivity index (χ4n) is 1.52. The van der Waals surface area contributed by atoms with Crippen LogP contribution in [0.1, 0.15) is 12.6 Å². The highest BCUT2D eigenvalue weighted by molar-refractivity contribution is 4.99. The molecule has 0 saturated heterocycles. The van der Waals surface area contributed by atoms with Crippen molar-refractivity contribution in [1.29, 1.82) is 0 Å². The van der Waals surface area contributed by atoms with Crippen LogP contribution in [0.4, 0.5) is 0 Å². The molecule has 0 bridgehead atoms. The Bertz CT molecular complexity index is 273. The molecule has 1 unspecified atom stereocenters. The zero-order valence-corrected chi connectivity index (χ0v) is 9.86. The van der Waals surface area contributed by atoms with E-state index in [4.69, 9.17) is 4.74 Å². The van der Waals surface area contributed by atoms with Gasteiger partial charge in [-0.2, -0.15) is 5.10 Å². The molecule has 0 spiro atoms. The number of nitrogens with one attached hydrogen (secondary N) is 1. The number of methoxy groups -OCH3 is 1. The summed E-state index contributed by atoms with van der Waals surface area (Å²) < 4.78 is 6.81. The molecule has 4 heteroatoms. The van der Waals surface area contributed by atoms with Crippen molar-refractivity contribution < 1.29 is 4.74 Å². The molecule has 1 aromatic heterocycles. The van der Waals surface area contributed by atoms with Crippen LogP contribution < -0.4 is 5.32 Å². The van der Waals surface area contributed by atoms with E-state index >= 15 is 0 Å². The molecule has 0 aliphatic rings. The average molecular weight is 211 g/mol. The van der Waals surface area contributed by atoms with Gasteiger partial charge in [0.2, 0.25) is 0 Å². The maximum absolute atomic E-state index is 4.97. The fraction of sp³-hybridized carbons (Fsp3) is 0.727. The largest absolute Gasteiger partial charge is 0.383 e. The summed E-state index contributed by atoms with van der Waals surface area (Å²) in [6, 6.07) is 2.08. The van der Waals surface area contributed by atoms with E-state index in [0.29, 0.717) is 5.92 Å². The first-order valence-electron chi connectivity index (χ1n) is 5.40. The SMILES string of the molecule is COCCNCC(C)Cc1ccn(C)n1. The molecular formula is C11H21N3O. The van der Waals surface area contributed by atoms with E-state index in [-0.39, 0.29) is 0 Å². The van der Waals surface area contributed by atoms with Crippen molar-refractivity contribution in [3.63, 3.8) is 0 Å². The molecule has 0 aromatic carbocycles. The van der Waals surface area contributed by atoms with Crippen molar-refractivity contribution in [2.24, 2.45) is 13.0 Å². The molecule has 4 nitrogen and oxygen atoms in total. The van der Waals surface area contributed by atoms with Gasteiger partial charge in [-0.15, -0.1) is 0 Å². The summed E-state index contributed by atoms with van der Waals surface area (Å²) in [5.41, 5.74) is 1.17. The van der Waals surface area contributed by atoms with E-state index in [0.717, 1.165) is 26.1 Å². The minimum Gasteiger partial charge on any atom is -0.383 e. The van der Waals surface area contributed by atoms with E-state index in [9.17, 15) is 0 Å². The molecule has 0 radical (unpaired) electrons. The fourth-order valence-corrected chi connectivity index (χ4v) is 1.52. The van der Waals surface area contributed by atoms with Gasteiger partial charge in [0, 0.05) is 26.9 Å². The lowest BCUT2D eigenvalue weighted by Crippen LogP contribution is -2.25. The van der Waals surface area contributed by atoms with Crippen molar-refractivity contribution in [2.45, 2.75) is 13.3 Å². The predicted molar refractivity (Wildman–Crippen MR) is 60.8 cm³/mol. The normalized spacial score (nSPS) is 13.0. The number of ether oxygens (including phenoxy) is 1. The second-order valence-electron chi connectivity index (χ2n) is 3.99. The molecule has 15 heavy (non-hydrogen) atoms. The van der Waals surface area contributed by atoms with Crippen molar-refractivity contribution in [1.82, 2.24) is 15.1 Å². The summed E-state index contributed by atoms with van der Waals surface area (Å²) in [5.74, 6) is 0.608. The van der Waals surface area contributed by atoms with Crippen LogP contribution in [0.25, 0.3) is 0 Å². The number of hydrogen-bond acceptors (Lipinski definition) is 3. The van der Waals surface area contributed by atoms with Gasteiger partial charge in [0.25, 0.3) is 0 Å². The predicted octanol–water partition coefficient (Wildman–Crippen LogP) is 0.835. The Labute approximate surface area is 91.6 Å². The summed E-state index contributed by atoms with van der Waals surface area (Å²) >= 11 is 0. The molecule has 1 N–H and O–H groups in total. The molecule has 0 aliphatic carbocycles. The van der Waals surface area contributed by atoms with Gasteiger partial charge in [-0.1, -0.05) is 6.92 Å². The topological polar surface area (TPSA) is 39.1 Å². The van der Waals surface area contributed by atoms with E-state index in [2.05, 4.69) is 23.4 Å². The third kappa shape index (κ3) is 4.95. The lowest BCUT2D eigenvalue weighted by Gasteiger charge is -2.10. The molecule has 86 valence electrons. The van der Waals surface area contributed by atoms with Gasteiger partial charge in [-0.05, 0) is 24.9 Å². The minimum atomic E-state index is 0.608. The van der Waals surface area contributed by atoms with Crippen molar-refractivity contribution in [3.8, 4) is 0 Å². The molecule has 0 saturated carbocycles. The standard InChI is InChI=1S/C11H21N3O/c1-10(9-12-5-7-15-3)8-11-4-6-14(2)13-11/h4,6,10,12H,5,7-9H2,1-3H3. The summed E-state index contributed by atoms with van der Waals surface area (Å²) in [6.07, 6.45) is 3.02. The van der Waals surface area contributed by atoms with Gasteiger partial charge in [-0.3, -0.25) is 4.68 Å². The molecule has 0 amide bonds. The van der Waals surface area contributed by atoms with Gasteiger partial charge < -0.3 is 10.1 Å². The zero-order chi connectivity index (χ0) is 11.1. The Morgan fingerprint density at radius 1 is 1.60 bits per heavy atom. The molecule has 1 aromatic rings. The second kappa shape index (κ2) is 6.58. The highest BCUT2D eigenvalue weighted by Crippen LogP contribution is 2.04. The van der Waals surface area contributed by atoms with Gasteiger partial charge in [0.1, 0.15) is 0 Å². The van der Waals surface area contributed by atoms with Crippen molar-refractivity contribution >= 4 is 0 Å². The lowest BCUT2D eigenvalue weighted by molar-refractivity contribution is 0.198. The first-order chi connectivity index (χ1) is 7.22. The van der Waals surface area contributed by atoms with Crippen LogP contribution in [0.15, 0.2) is 12.3 Å². The number of hydrogen-bond donors (Lipinski definition) is 1. The lowest BCUT2D eigenvalue weighted by atomic mass is 10.1. The first kappa shape index (κ1) is 12.2. The average Bonchev–Trinajstić information content (AvgIpc) is 2.59. The summed E-state index contributed by atoms with van der Waals surface area (Å²) in [7, 11) is 3.67. The Morgan fingerprint density at radius 2 is 2.40 bits per heavy atom. The van der Waals surface area contributed by atoms with Crippen LogP contribution in [0.5, 0.6) is 0 Å². The third-order valence-electron chi connectivity index (χ3n) is 2.30. The Balaban J connectivity index is 2.15. The van der Waals surface area contributed by atoms with Gasteiger partial charge in [-0.25, -0.2) is 0 Å². The van der Waals surface area contributed by atoms with Crippen LogP contribution in [0.2, 0.25) is 0 Å². The maximum atomic E-state index is 4.97. The van der Waals surface area contributed by atoms with E-state index in [1.54, 1.807) is 7.11 Å². The minimum absolute atomic E-state index is 0.608. The summed E-state index contributed by atoms with van der Waals surface area (Å²) in [5, 5.41) is 7.71. The zero-order valence-electron chi connectivity index (χ0n) is 9.86. The molecule has 1 atom stereocenters. The van der Waals surface area contributed by atoms with Gasteiger partial charge in [0.15, 0.2) is 0 Å². The quantitative estimate of drug-likeness (QED) is 0.679. The van der Waals surface area contributed by atoms with Gasteiger partial charge >= 0.3 is 0 Å². The first-order valence-corrected chi connectivity index (χ1v) is 5.40. The molecule has 1 rings (SSSR count). The van der Waals surface area contributed by atoms with E-state index in [1.807, 2.05) is 17.9 Å². The molecule has 1 heterocycles.